The van der Waals surface area contributed by atoms with Crippen LogP contribution in [-0.4, -0.2) is 28.3 Å². The number of rotatable bonds is 6. The van der Waals surface area contributed by atoms with Crippen molar-refractivity contribution in [3.05, 3.63) is 101 Å². The van der Waals surface area contributed by atoms with Crippen molar-refractivity contribution in [2.45, 2.75) is 6.92 Å². The molecule has 2 heterocycles. The van der Waals surface area contributed by atoms with E-state index in [-0.39, 0.29) is 18.2 Å². The lowest BCUT2D eigenvalue weighted by Crippen LogP contribution is -2.11. The zero-order valence-corrected chi connectivity index (χ0v) is 19.5. The van der Waals surface area contributed by atoms with Gasteiger partial charge in [0.25, 0.3) is 5.91 Å². The highest BCUT2D eigenvalue weighted by atomic mass is 32.1. The highest BCUT2D eigenvalue weighted by Crippen LogP contribution is 2.28. The lowest BCUT2D eigenvalue weighted by molar-refractivity contribution is 0.0519. The van der Waals surface area contributed by atoms with E-state index in [2.05, 4.69) is 10.4 Å². The van der Waals surface area contributed by atoms with Crippen molar-refractivity contribution >= 4 is 39.0 Å². The summed E-state index contributed by atoms with van der Waals surface area (Å²) >= 11 is 1.62. The number of thiophene rings is 1. The van der Waals surface area contributed by atoms with E-state index in [9.17, 15) is 14.0 Å². The first-order chi connectivity index (χ1) is 17.0. The molecule has 2 aromatic heterocycles. The summed E-state index contributed by atoms with van der Waals surface area (Å²) in [6.07, 6.45) is 0. The fraction of sp³-hybridized carbons (Fsp3) is 0.0741. The third-order valence-corrected chi connectivity index (χ3v) is 6.28. The minimum Gasteiger partial charge on any atom is -0.461 e. The van der Waals surface area contributed by atoms with Crippen LogP contribution in [0.1, 0.15) is 27.8 Å². The average Bonchev–Trinajstić information content (AvgIpc) is 3.51. The monoisotopic (exact) mass is 485 g/mol. The number of aromatic nitrogens is 2. The van der Waals surface area contributed by atoms with Gasteiger partial charge in [0.1, 0.15) is 5.82 Å². The van der Waals surface area contributed by atoms with Gasteiger partial charge in [0.05, 0.1) is 18.0 Å². The summed E-state index contributed by atoms with van der Waals surface area (Å²) in [5.74, 6) is -1.23. The maximum atomic E-state index is 13.9. The second-order valence-electron chi connectivity index (χ2n) is 7.74. The van der Waals surface area contributed by atoms with E-state index in [0.717, 1.165) is 10.1 Å². The Kier molecular flexibility index (Phi) is 6.12. The summed E-state index contributed by atoms with van der Waals surface area (Å²) < 4.78 is 21.6. The number of ether oxygens (including phenoxy) is 1. The molecule has 0 saturated carbocycles. The number of hydrogen-bond donors (Lipinski definition) is 1. The first-order valence-electron chi connectivity index (χ1n) is 10.9. The Morgan fingerprint density at radius 3 is 2.71 bits per heavy atom. The molecular weight excluding hydrogens is 465 g/mol. The molecule has 0 aliphatic heterocycles. The molecule has 0 fully saturated rings. The largest absolute Gasteiger partial charge is 0.461 e. The fourth-order valence-corrected chi connectivity index (χ4v) is 4.53. The molecule has 5 rings (SSSR count). The summed E-state index contributed by atoms with van der Waals surface area (Å²) in [6, 6.07) is 22.3. The molecular formula is C27H20FN3O3S. The molecule has 0 unspecified atom stereocenters. The van der Waals surface area contributed by atoms with Gasteiger partial charge in [-0.25, -0.2) is 13.9 Å². The van der Waals surface area contributed by atoms with Gasteiger partial charge in [0, 0.05) is 21.5 Å². The second kappa shape index (κ2) is 9.52. The number of nitrogens with one attached hydrogen (secondary N) is 1. The van der Waals surface area contributed by atoms with E-state index in [4.69, 9.17) is 4.74 Å². The van der Waals surface area contributed by atoms with E-state index >= 15 is 0 Å². The Morgan fingerprint density at radius 1 is 1.03 bits per heavy atom. The molecule has 1 N–H and O–H groups in total. The average molecular weight is 486 g/mol. The van der Waals surface area contributed by atoms with Gasteiger partial charge in [0.2, 0.25) is 0 Å². The number of nitrogens with zero attached hydrogens (tertiary/aromatic N) is 2. The van der Waals surface area contributed by atoms with Crippen molar-refractivity contribution in [2.24, 2.45) is 0 Å². The van der Waals surface area contributed by atoms with Crippen LogP contribution in [0.3, 0.4) is 0 Å². The lowest BCUT2D eigenvalue weighted by atomic mass is 10.1. The topological polar surface area (TPSA) is 73.2 Å². The molecule has 5 aromatic rings. The molecule has 3 aromatic carbocycles. The summed E-state index contributed by atoms with van der Waals surface area (Å²) in [5.41, 5.74) is 2.91. The van der Waals surface area contributed by atoms with E-state index in [1.807, 2.05) is 29.6 Å². The molecule has 0 aliphatic carbocycles. The smallest absolute Gasteiger partial charge is 0.358 e. The third-order valence-electron chi connectivity index (χ3n) is 5.38. The van der Waals surface area contributed by atoms with Crippen LogP contribution in [0.25, 0.3) is 27.0 Å². The van der Waals surface area contributed by atoms with Crippen molar-refractivity contribution in [2.75, 3.05) is 11.9 Å². The van der Waals surface area contributed by atoms with Gasteiger partial charge in [-0.3, -0.25) is 4.79 Å². The summed E-state index contributed by atoms with van der Waals surface area (Å²) in [4.78, 5) is 25.2. The second-order valence-corrected chi connectivity index (χ2v) is 8.68. The maximum Gasteiger partial charge on any atom is 0.358 e. The van der Waals surface area contributed by atoms with Crippen LogP contribution in [0.4, 0.5) is 10.1 Å². The summed E-state index contributed by atoms with van der Waals surface area (Å²) in [5, 5.41) is 10.3. The number of anilines is 1. The number of hydrogen-bond acceptors (Lipinski definition) is 5. The Labute approximate surface area is 204 Å². The molecule has 174 valence electrons. The Bertz CT molecular complexity index is 1560. The predicted octanol–water partition coefficient (Wildman–Crippen LogP) is 6.32. The Morgan fingerprint density at radius 2 is 1.89 bits per heavy atom. The highest BCUT2D eigenvalue weighted by Gasteiger charge is 2.18. The van der Waals surface area contributed by atoms with Crippen LogP contribution in [0.2, 0.25) is 0 Å². The summed E-state index contributed by atoms with van der Waals surface area (Å²) in [6.45, 7) is 1.92. The van der Waals surface area contributed by atoms with Crippen molar-refractivity contribution in [1.29, 1.82) is 0 Å². The molecule has 1 amide bonds. The van der Waals surface area contributed by atoms with Gasteiger partial charge >= 0.3 is 5.97 Å². The number of benzene rings is 3. The van der Waals surface area contributed by atoms with Gasteiger partial charge in [-0.2, -0.15) is 5.10 Å². The van der Waals surface area contributed by atoms with E-state index in [0.29, 0.717) is 28.2 Å². The van der Waals surface area contributed by atoms with Crippen LogP contribution in [-0.2, 0) is 4.74 Å². The minimum absolute atomic E-state index is 0.101. The maximum absolute atomic E-state index is 13.9. The van der Waals surface area contributed by atoms with Crippen LogP contribution < -0.4 is 5.32 Å². The first kappa shape index (κ1) is 22.5. The molecule has 35 heavy (non-hydrogen) atoms. The van der Waals surface area contributed by atoms with Crippen molar-refractivity contribution in [1.82, 2.24) is 9.78 Å². The van der Waals surface area contributed by atoms with Crippen molar-refractivity contribution < 1.29 is 18.7 Å². The minimum atomic E-state index is -0.572. The quantitative estimate of drug-likeness (QED) is 0.286. The number of amides is 1. The molecule has 0 radical (unpaired) electrons. The Balaban J connectivity index is 1.50. The molecule has 0 atom stereocenters. The van der Waals surface area contributed by atoms with Gasteiger partial charge < -0.3 is 10.1 Å². The molecule has 0 spiro atoms. The van der Waals surface area contributed by atoms with Crippen LogP contribution in [0, 0.1) is 5.82 Å². The van der Waals surface area contributed by atoms with E-state index in [1.54, 1.807) is 60.7 Å². The van der Waals surface area contributed by atoms with Crippen molar-refractivity contribution in [3.8, 4) is 16.9 Å². The normalized spacial score (nSPS) is 10.9. The van der Waals surface area contributed by atoms with Gasteiger partial charge in [-0.15, -0.1) is 11.3 Å². The molecule has 0 bridgehead atoms. The number of halogens is 1. The number of esters is 1. The number of carbonyl (C=O) groups is 2. The molecule has 0 aliphatic rings. The molecule has 0 saturated heterocycles. The molecule has 8 heteroatoms. The number of carbonyl (C=O) groups excluding carboxylic acids is 2. The standard InChI is InChI=1S/C27H20FN3O3S/c1-2-34-27(33)23-16-24(31(30-23)22-8-4-6-20(28)15-22)17-5-3-7-21(14-17)29-26(32)19-9-10-25-18(13-19)11-12-35-25/h3-16H,2H2,1H3,(H,29,32). The SMILES string of the molecule is CCOC(=O)c1cc(-c2cccc(NC(=O)c3ccc4sccc4c3)c2)n(-c2cccc(F)c2)n1. The molecule has 6 nitrogen and oxygen atoms in total. The van der Waals surface area contributed by atoms with Crippen LogP contribution >= 0.6 is 11.3 Å². The van der Waals surface area contributed by atoms with Gasteiger partial charge in [-0.05, 0) is 78.4 Å². The van der Waals surface area contributed by atoms with Crippen molar-refractivity contribution in [3.63, 3.8) is 0 Å². The van der Waals surface area contributed by atoms with E-state index < -0.39 is 11.8 Å². The lowest BCUT2D eigenvalue weighted by Gasteiger charge is -2.10. The predicted molar refractivity (Wildman–Crippen MR) is 135 cm³/mol. The third kappa shape index (κ3) is 4.69. The zero-order chi connectivity index (χ0) is 24.4. The van der Waals surface area contributed by atoms with Crippen LogP contribution in [0.15, 0.2) is 84.2 Å². The Hall–Kier alpha value is -4.30. The van der Waals surface area contributed by atoms with Gasteiger partial charge in [-0.1, -0.05) is 18.2 Å². The first-order valence-corrected chi connectivity index (χ1v) is 11.8. The number of fused-ring (bicyclic) bond motifs is 1. The summed E-state index contributed by atoms with van der Waals surface area (Å²) in [7, 11) is 0. The highest BCUT2D eigenvalue weighted by molar-refractivity contribution is 7.17. The fourth-order valence-electron chi connectivity index (χ4n) is 3.76. The van der Waals surface area contributed by atoms with E-state index in [1.165, 1.54) is 16.8 Å². The van der Waals surface area contributed by atoms with Crippen LogP contribution in [0.5, 0.6) is 0 Å². The zero-order valence-electron chi connectivity index (χ0n) is 18.7. The van der Waals surface area contributed by atoms with Gasteiger partial charge in [0.15, 0.2) is 5.69 Å².